The number of nitrogens with one attached hydrogen (secondary N) is 1. The van der Waals surface area contributed by atoms with Crippen molar-refractivity contribution in [3.8, 4) is 0 Å². The van der Waals surface area contributed by atoms with Gasteiger partial charge >= 0.3 is 5.97 Å². The van der Waals surface area contributed by atoms with Gasteiger partial charge in [-0.3, -0.25) is 4.79 Å². The molecule has 0 bridgehead atoms. The largest absolute Gasteiger partial charge is 0.479 e. The number of hydrogen-bond donors (Lipinski definition) is 4. The number of amides is 1. The van der Waals surface area contributed by atoms with Crippen LogP contribution in [0, 0.1) is 11.8 Å². The van der Waals surface area contributed by atoms with Crippen LogP contribution in [0.25, 0.3) is 0 Å². The van der Waals surface area contributed by atoms with Gasteiger partial charge in [0.15, 0.2) is 12.4 Å². The van der Waals surface area contributed by atoms with E-state index in [9.17, 15) is 24.9 Å². The van der Waals surface area contributed by atoms with Gasteiger partial charge in [0.05, 0.1) is 13.2 Å². The Bertz CT molecular complexity index is 798. The zero-order valence-corrected chi connectivity index (χ0v) is 20.5. The first-order valence-corrected chi connectivity index (χ1v) is 12.6. The van der Waals surface area contributed by atoms with Crippen LogP contribution in [-0.2, 0) is 19.0 Å². The molecule has 35 heavy (non-hydrogen) atoms. The number of carboxylic acid groups (broad SMARTS) is 1. The van der Waals surface area contributed by atoms with Crippen molar-refractivity contribution in [2.24, 2.45) is 11.8 Å². The Morgan fingerprint density at radius 1 is 1.14 bits per heavy atom. The second-order valence-electron chi connectivity index (χ2n) is 9.98. The Balaban J connectivity index is 1.86. The second-order valence-corrected chi connectivity index (χ2v) is 9.98. The summed E-state index contributed by atoms with van der Waals surface area (Å²) in [5.41, 5.74) is 0.393. The monoisotopic (exact) mass is 493 g/mol. The summed E-state index contributed by atoms with van der Waals surface area (Å²) < 4.78 is 17.8. The van der Waals surface area contributed by atoms with Crippen LogP contribution in [0.4, 0.5) is 0 Å². The fraction of sp³-hybridized carbons (Fsp3) is 0.692. The maximum Gasteiger partial charge on any atom is 0.332 e. The molecule has 1 saturated heterocycles. The molecule has 1 aliphatic carbocycles. The van der Waals surface area contributed by atoms with E-state index in [1.807, 2.05) is 13.8 Å². The van der Waals surface area contributed by atoms with Gasteiger partial charge < -0.3 is 34.8 Å². The van der Waals surface area contributed by atoms with E-state index in [2.05, 4.69) is 5.32 Å². The number of aliphatic hydroxyl groups excluding tert-OH is 2. The van der Waals surface area contributed by atoms with Crippen molar-refractivity contribution < 1.29 is 39.1 Å². The summed E-state index contributed by atoms with van der Waals surface area (Å²) in [7, 11) is 0. The van der Waals surface area contributed by atoms with Crippen molar-refractivity contribution in [3.63, 3.8) is 0 Å². The summed E-state index contributed by atoms with van der Waals surface area (Å²) >= 11 is 0. The third-order valence-corrected chi connectivity index (χ3v) is 6.65. The van der Waals surface area contributed by atoms with Crippen molar-refractivity contribution in [1.29, 1.82) is 0 Å². The first-order valence-electron chi connectivity index (χ1n) is 12.6. The van der Waals surface area contributed by atoms with Gasteiger partial charge in [-0.15, -0.1) is 0 Å². The predicted molar refractivity (Wildman–Crippen MR) is 128 cm³/mol. The molecule has 0 radical (unpaired) electrons. The molecule has 1 aromatic rings. The molecule has 5 unspecified atom stereocenters. The Kier molecular flexibility index (Phi) is 10.5. The van der Waals surface area contributed by atoms with Crippen molar-refractivity contribution >= 4 is 11.9 Å². The van der Waals surface area contributed by atoms with E-state index in [1.54, 1.807) is 30.3 Å². The van der Waals surface area contributed by atoms with E-state index in [-0.39, 0.29) is 11.8 Å². The maximum absolute atomic E-state index is 13.0. The quantitative estimate of drug-likeness (QED) is 0.369. The molecule has 9 nitrogen and oxygen atoms in total. The van der Waals surface area contributed by atoms with Gasteiger partial charge in [-0.25, -0.2) is 4.79 Å². The molecule has 0 aromatic heterocycles. The molecule has 1 saturated carbocycles. The first kappa shape index (κ1) is 27.5. The standard InChI is InChI=1S/C26H39NO8/c1-16(2)15-33-26-21(27-24(30)18-11-7-4-8-12-18)23(22(29)20(14-28)35-26)34-19(25(31)32)13-17-9-5-3-6-10-17/h4,7-8,11-12,16-17,19-23,26,28-29H,3,5-6,9-10,13-15H2,1-2H3,(H,27,30)(H,31,32)/t19-,20?,21?,22?,23?,26?/m0/s1. The van der Waals surface area contributed by atoms with E-state index in [0.717, 1.165) is 32.1 Å². The Morgan fingerprint density at radius 3 is 2.43 bits per heavy atom. The molecule has 9 heteroatoms. The maximum atomic E-state index is 13.0. The third-order valence-electron chi connectivity index (χ3n) is 6.65. The lowest BCUT2D eigenvalue weighted by Crippen LogP contribution is -2.66. The van der Waals surface area contributed by atoms with E-state index >= 15 is 0 Å². The fourth-order valence-corrected chi connectivity index (χ4v) is 4.77. The highest BCUT2D eigenvalue weighted by molar-refractivity contribution is 5.94. The summed E-state index contributed by atoms with van der Waals surface area (Å²) in [4.78, 5) is 25.2. The predicted octanol–water partition coefficient (Wildman–Crippen LogP) is 2.34. The number of aliphatic carboxylic acids is 1. The number of carbonyl (C=O) groups excluding carboxylic acids is 1. The van der Waals surface area contributed by atoms with E-state index in [0.29, 0.717) is 18.6 Å². The van der Waals surface area contributed by atoms with Gasteiger partial charge in [-0.1, -0.05) is 64.2 Å². The second kappa shape index (κ2) is 13.3. The molecule has 6 atom stereocenters. The van der Waals surface area contributed by atoms with Crippen molar-refractivity contribution in [2.45, 2.75) is 89.1 Å². The van der Waals surface area contributed by atoms with Crippen LogP contribution in [0.5, 0.6) is 0 Å². The minimum absolute atomic E-state index is 0.154. The van der Waals surface area contributed by atoms with E-state index in [1.165, 1.54) is 0 Å². The molecule has 1 aromatic carbocycles. The molecule has 1 amide bonds. The summed E-state index contributed by atoms with van der Waals surface area (Å²) in [5, 5.41) is 33.6. The van der Waals surface area contributed by atoms with Crippen LogP contribution < -0.4 is 5.32 Å². The minimum Gasteiger partial charge on any atom is -0.479 e. The number of rotatable bonds is 11. The fourth-order valence-electron chi connectivity index (χ4n) is 4.77. The summed E-state index contributed by atoms with van der Waals surface area (Å²) in [6.07, 6.45) is -0.316. The highest BCUT2D eigenvalue weighted by Gasteiger charge is 2.49. The SMILES string of the molecule is CC(C)COC1OC(CO)C(O)C(O[C@@H](CC2CCCCC2)C(=O)O)C1NC(=O)c1ccccc1. The van der Waals surface area contributed by atoms with Gasteiger partial charge in [0, 0.05) is 5.56 Å². The first-order chi connectivity index (χ1) is 16.8. The molecule has 0 spiro atoms. The minimum atomic E-state index is -1.37. The molecule has 1 heterocycles. The lowest BCUT2D eigenvalue weighted by molar-refractivity contribution is -0.283. The van der Waals surface area contributed by atoms with Gasteiger partial charge in [0.25, 0.3) is 5.91 Å². The van der Waals surface area contributed by atoms with Crippen LogP contribution in [0.1, 0.15) is 62.7 Å². The number of ether oxygens (including phenoxy) is 3. The van der Waals surface area contributed by atoms with Crippen LogP contribution in [0.3, 0.4) is 0 Å². The average Bonchev–Trinajstić information content (AvgIpc) is 2.85. The lowest BCUT2D eigenvalue weighted by atomic mass is 9.85. The normalized spacial score (nSPS) is 28.5. The van der Waals surface area contributed by atoms with Crippen molar-refractivity contribution in [2.75, 3.05) is 13.2 Å². The summed E-state index contributed by atoms with van der Waals surface area (Å²) in [6, 6.07) is 7.55. The topological polar surface area (TPSA) is 135 Å². The Morgan fingerprint density at radius 2 is 1.83 bits per heavy atom. The molecule has 3 rings (SSSR count). The molecule has 1 aliphatic heterocycles. The molecule has 196 valence electrons. The number of benzene rings is 1. The summed E-state index contributed by atoms with van der Waals surface area (Å²) in [5.74, 6) is -1.18. The molecular formula is C26H39NO8. The number of hydrogen-bond acceptors (Lipinski definition) is 7. The highest BCUT2D eigenvalue weighted by atomic mass is 16.7. The molecular weight excluding hydrogens is 454 g/mol. The molecule has 2 aliphatic rings. The number of carbonyl (C=O) groups is 2. The third kappa shape index (κ3) is 7.72. The van der Waals surface area contributed by atoms with E-state index in [4.69, 9.17) is 14.2 Å². The van der Waals surface area contributed by atoms with Gasteiger partial charge in [-0.2, -0.15) is 0 Å². The van der Waals surface area contributed by atoms with Crippen LogP contribution in [0.15, 0.2) is 30.3 Å². The average molecular weight is 494 g/mol. The van der Waals surface area contributed by atoms with Crippen LogP contribution >= 0.6 is 0 Å². The Labute approximate surface area is 206 Å². The summed E-state index contributed by atoms with van der Waals surface area (Å²) in [6.45, 7) is 3.70. The van der Waals surface area contributed by atoms with Crippen LogP contribution in [0.2, 0.25) is 0 Å². The number of carboxylic acids is 1. The van der Waals surface area contributed by atoms with Crippen molar-refractivity contribution in [3.05, 3.63) is 35.9 Å². The highest BCUT2D eigenvalue weighted by Crippen LogP contribution is 2.31. The van der Waals surface area contributed by atoms with Gasteiger partial charge in [0.2, 0.25) is 0 Å². The van der Waals surface area contributed by atoms with Crippen LogP contribution in [-0.4, -0.2) is 77.2 Å². The lowest BCUT2D eigenvalue weighted by Gasteiger charge is -2.45. The zero-order chi connectivity index (χ0) is 25.4. The molecule has 4 N–H and O–H groups in total. The Hall–Kier alpha value is -2.04. The molecule has 2 fully saturated rings. The van der Waals surface area contributed by atoms with Gasteiger partial charge in [-0.05, 0) is 30.4 Å². The smallest absolute Gasteiger partial charge is 0.332 e. The van der Waals surface area contributed by atoms with Gasteiger partial charge in [0.1, 0.15) is 24.4 Å². The number of aliphatic hydroxyl groups is 2. The van der Waals surface area contributed by atoms with E-state index < -0.39 is 55.2 Å². The van der Waals surface area contributed by atoms with Crippen molar-refractivity contribution in [1.82, 2.24) is 5.32 Å². The zero-order valence-electron chi connectivity index (χ0n) is 20.5.